The van der Waals surface area contributed by atoms with Crippen LogP contribution in [0.2, 0.25) is 0 Å². The lowest BCUT2D eigenvalue weighted by molar-refractivity contribution is 0.112. The molecule has 1 aliphatic rings. The van der Waals surface area contributed by atoms with E-state index in [-0.39, 0.29) is 12.1 Å². The number of aryl methyl sites for hydroxylation is 1. The van der Waals surface area contributed by atoms with E-state index in [9.17, 15) is 9.90 Å². The second-order valence-electron chi connectivity index (χ2n) is 5.48. The first-order valence-corrected chi connectivity index (χ1v) is 6.52. The summed E-state index contributed by atoms with van der Waals surface area (Å²) in [5.74, 6) is 0.869. The van der Waals surface area contributed by atoms with Crippen molar-refractivity contribution in [3.8, 4) is 0 Å². The van der Waals surface area contributed by atoms with Crippen LogP contribution in [0.5, 0.6) is 0 Å². The van der Waals surface area contributed by atoms with Crippen LogP contribution in [0, 0.1) is 6.92 Å². The summed E-state index contributed by atoms with van der Waals surface area (Å²) in [6.07, 6.45) is 2.85. The van der Waals surface area contributed by atoms with E-state index in [2.05, 4.69) is 14.8 Å². The number of carbonyl (C=O) groups excluding carboxylic acids is 1. The fourth-order valence-electron chi connectivity index (χ4n) is 2.70. The van der Waals surface area contributed by atoms with Crippen molar-refractivity contribution in [2.75, 3.05) is 32.1 Å². The number of rotatable bonds is 4. The van der Waals surface area contributed by atoms with Crippen molar-refractivity contribution in [3.63, 3.8) is 0 Å². The number of aldehydes is 1. The lowest BCUT2D eigenvalue weighted by atomic mass is 10.1. The van der Waals surface area contributed by atoms with Crippen LogP contribution in [-0.2, 0) is 0 Å². The Morgan fingerprint density at radius 1 is 1.58 bits per heavy atom. The first-order chi connectivity index (χ1) is 9.01. The fraction of sp³-hybridized carbons (Fsp3) is 0.571. The van der Waals surface area contributed by atoms with Gasteiger partial charge in [0.15, 0.2) is 6.29 Å². The lowest BCUT2D eigenvalue weighted by Gasteiger charge is -2.28. The summed E-state index contributed by atoms with van der Waals surface area (Å²) >= 11 is 0. The maximum Gasteiger partial charge on any atom is 0.151 e. The van der Waals surface area contributed by atoms with E-state index < -0.39 is 0 Å². The van der Waals surface area contributed by atoms with Crippen LogP contribution in [-0.4, -0.2) is 60.6 Å². The molecule has 0 saturated carbocycles. The normalized spacial score (nSPS) is 23.1. The zero-order valence-electron chi connectivity index (χ0n) is 11.7. The predicted octanol–water partition coefficient (Wildman–Crippen LogP) is 0.704. The van der Waals surface area contributed by atoms with Gasteiger partial charge in [-0.25, -0.2) is 4.98 Å². The van der Waals surface area contributed by atoms with Crippen molar-refractivity contribution < 1.29 is 9.90 Å². The number of aliphatic hydroxyl groups is 1. The van der Waals surface area contributed by atoms with E-state index in [0.29, 0.717) is 12.1 Å². The number of nitrogens with zero attached hydrogens (tertiary/aromatic N) is 3. The minimum atomic E-state index is -0.308. The Balaban J connectivity index is 2.25. The first-order valence-electron chi connectivity index (χ1n) is 6.52. The summed E-state index contributed by atoms with van der Waals surface area (Å²) in [5, 5.41) is 9.89. The van der Waals surface area contributed by atoms with Gasteiger partial charge in [0.25, 0.3) is 0 Å². The quantitative estimate of drug-likeness (QED) is 0.811. The van der Waals surface area contributed by atoms with E-state index in [1.165, 1.54) is 0 Å². The number of likely N-dealkylation sites (N-methyl/N-ethyl adjacent to an activating group) is 1. The standard InChI is InChI=1S/C14H21N3O2/c1-10-4-11(9-18)6-15-14(10)17-8-13(19)5-12(17)7-16(2)3/h4,6,9,12-13,19H,5,7-8H2,1-3H3. The molecule has 5 heteroatoms. The van der Waals surface area contributed by atoms with Crippen molar-refractivity contribution in [2.24, 2.45) is 0 Å². The second-order valence-corrected chi connectivity index (χ2v) is 5.48. The first kappa shape index (κ1) is 14.0. The van der Waals surface area contributed by atoms with Crippen LogP contribution < -0.4 is 4.90 Å². The summed E-state index contributed by atoms with van der Waals surface area (Å²) in [7, 11) is 4.05. The Bertz CT molecular complexity index is 462. The van der Waals surface area contributed by atoms with Gasteiger partial charge in [0.1, 0.15) is 5.82 Å². The van der Waals surface area contributed by atoms with Gasteiger partial charge in [-0.1, -0.05) is 0 Å². The van der Waals surface area contributed by atoms with Gasteiger partial charge in [-0.3, -0.25) is 4.79 Å². The van der Waals surface area contributed by atoms with Crippen molar-refractivity contribution in [3.05, 3.63) is 23.4 Å². The molecular weight excluding hydrogens is 242 g/mol. The van der Waals surface area contributed by atoms with Crippen LogP contribution in [0.1, 0.15) is 22.3 Å². The molecule has 2 heterocycles. The highest BCUT2D eigenvalue weighted by molar-refractivity contribution is 5.75. The molecule has 1 aromatic heterocycles. The molecule has 2 rings (SSSR count). The Morgan fingerprint density at radius 3 is 2.89 bits per heavy atom. The molecule has 104 valence electrons. The minimum Gasteiger partial charge on any atom is -0.391 e. The second kappa shape index (κ2) is 5.67. The van der Waals surface area contributed by atoms with Crippen LogP contribution in [0.25, 0.3) is 0 Å². The summed E-state index contributed by atoms with van der Waals surface area (Å²) < 4.78 is 0. The summed E-state index contributed by atoms with van der Waals surface area (Å²) in [6, 6.07) is 2.10. The summed E-state index contributed by atoms with van der Waals surface area (Å²) in [5.41, 5.74) is 1.56. The number of β-amino-alcohol motifs (C(OH)–C–C–N with tert-alkyl or cyclic N) is 1. The molecule has 2 unspecified atom stereocenters. The molecule has 1 aliphatic heterocycles. The third kappa shape index (κ3) is 3.11. The zero-order chi connectivity index (χ0) is 14.0. The Kier molecular flexibility index (Phi) is 4.17. The topological polar surface area (TPSA) is 56.7 Å². The molecule has 1 N–H and O–H groups in total. The molecule has 0 aromatic carbocycles. The molecule has 2 atom stereocenters. The van der Waals surface area contributed by atoms with Gasteiger partial charge in [0.05, 0.1) is 6.10 Å². The number of hydrogen-bond donors (Lipinski definition) is 1. The van der Waals surface area contributed by atoms with Gasteiger partial charge in [0.2, 0.25) is 0 Å². The largest absolute Gasteiger partial charge is 0.391 e. The average Bonchev–Trinajstić information content (AvgIpc) is 2.69. The van der Waals surface area contributed by atoms with E-state index in [0.717, 1.165) is 30.6 Å². The SMILES string of the molecule is Cc1cc(C=O)cnc1N1CC(O)CC1CN(C)C. The molecular formula is C14H21N3O2. The molecule has 1 aromatic rings. The molecule has 5 nitrogen and oxygen atoms in total. The fourth-order valence-corrected chi connectivity index (χ4v) is 2.70. The zero-order valence-corrected chi connectivity index (χ0v) is 11.7. The molecule has 0 amide bonds. The van der Waals surface area contributed by atoms with E-state index in [4.69, 9.17) is 0 Å². The van der Waals surface area contributed by atoms with Gasteiger partial charge < -0.3 is 14.9 Å². The maximum absolute atomic E-state index is 10.8. The number of pyridine rings is 1. The van der Waals surface area contributed by atoms with Gasteiger partial charge in [-0.2, -0.15) is 0 Å². The highest BCUT2D eigenvalue weighted by atomic mass is 16.3. The maximum atomic E-state index is 10.8. The third-order valence-corrected chi connectivity index (χ3v) is 3.45. The van der Waals surface area contributed by atoms with Crippen molar-refractivity contribution in [1.29, 1.82) is 0 Å². The average molecular weight is 263 g/mol. The van der Waals surface area contributed by atoms with Crippen LogP contribution in [0.15, 0.2) is 12.3 Å². The lowest BCUT2D eigenvalue weighted by Crippen LogP contribution is -2.38. The highest BCUT2D eigenvalue weighted by Crippen LogP contribution is 2.27. The van der Waals surface area contributed by atoms with Crippen molar-refractivity contribution >= 4 is 12.1 Å². The highest BCUT2D eigenvalue weighted by Gasteiger charge is 2.32. The van der Waals surface area contributed by atoms with Crippen molar-refractivity contribution in [1.82, 2.24) is 9.88 Å². The van der Waals surface area contributed by atoms with E-state index >= 15 is 0 Å². The van der Waals surface area contributed by atoms with Crippen LogP contribution in [0.3, 0.4) is 0 Å². The molecule has 0 spiro atoms. The molecule has 19 heavy (non-hydrogen) atoms. The number of hydrogen-bond acceptors (Lipinski definition) is 5. The van der Waals surface area contributed by atoms with Gasteiger partial charge in [-0.05, 0) is 39.1 Å². The molecule has 1 saturated heterocycles. The smallest absolute Gasteiger partial charge is 0.151 e. The van der Waals surface area contributed by atoms with Crippen LogP contribution in [0.4, 0.5) is 5.82 Å². The number of anilines is 1. The van der Waals surface area contributed by atoms with Crippen LogP contribution >= 0.6 is 0 Å². The predicted molar refractivity (Wildman–Crippen MR) is 74.7 cm³/mol. The third-order valence-electron chi connectivity index (χ3n) is 3.45. The number of carbonyl (C=O) groups is 1. The van der Waals surface area contributed by atoms with Gasteiger partial charge in [0, 0.05) is 30.9 Å². The number of aliphatic hydroxyl groups excluding tert-OH is 1. The monoisotopic (exact) mass is 263 g/mol. The van der Waals surface area contributed by atoms with E-state index in [1.54, 1.807) is 6.20 Å². The van der Waals surface area contributed by atoms with Gasteiger partial charge in [-0.15, -0.1) is 0 Å². The van der Waals surface area contributed by atoms with Crippen molar-refractivity contribution in [2.45, 2.75) is 25.5 Å². The molecule has 0 aliphatic carbocycles. The van der Waals surface area contributed by atoms with Gasteiger partial charge >= 0.3 is 0 Å². The summed E-state index contributed by atoms with van der Waals surface area (Å²) in [6.45, 7) is 3.44. The Hall–Kier alpha value is -1.46. The van der Waals surface area contributed by atoms with E-state index in [1.807, 2.05) is 27.1 Å². The number of aromatic nitrogens is 1. The molecule has 1 fully saturated rings. The Morgan fingerprint density at radius 2 is 2.32 bits per heavy atom. The molecule has 0 bridgehead atoms. The summed E-state index contributed by atoms with van der Waals surface area (Å²) in [4.78, 5) is 19.4. The minimum absolute atomic E-state index is 0.262. The molecule has 0 radical (unpaired) electrons. The Labute approximate surface area is 113 Å².